The highest BCUT2D eigenvalue weighted by Gasteiger charge is 2.20. The van der Waals surface area contributed by atoms with Crippen LogP contribution in [0.5, 0.6) is 0 Å². The first kappa shape index (κ1) is 17.4. The molecule has 1 fully saturated rings. The monoisotopic (exact) mass is 358 g/mol. The molecule has 0 saturated carbocycles. The summed E-state index contributed by atoms with van der Waals surface area (Å²) in [6.07, 6.45) is 3.30. The first-order valence-electron chi connectivity index (χ1n) is 8.29. The molecule has 1 unspecified atom stereocenters. The Bertz CT molecular complexity index is 705. The number of nitrogens with zero attached hydrogens (tertiary/aromatic N) is 4. The third-order valence-corrected chi connectivity index (χ3v) is 4.59. The van der Waals surface area contributed by atoms with Crippen molar-refractivity contribution in [2.75, 3.05) is 31.1 Å². The number of nitrogens with one attached hydrogen (secondary N) is 2. The summed E-state index contributed by atoms with van der Waals surface area (Å²) in [5.74, 6) is 0.997. The molecule has 0 radical (unpaired) electrons. The molecule has 25 heavy (non-hydrogen) atoms. The van der Waals surface area contributed by atoms with E-state index in [2.05, 4.69) is 25.6 Å². The number of hydrazine groups is 1. The van der Waals surface area contributed by atoms with E-state index >= 15 is 0 Å². The highest BCUT2D eigenvalue weighted by Crippen LogP contribution is 2.12. The second-order valence-electron chi connectivity index (χ2n) is 5.91. The van der Waals surface area contributed by atoms with Crippen molar-refractivity contribution in [3.63, 3.8) is 0 Å². The summed E-state index contributed by atoms with van der Waals surface area (Å²) in [7, 11) is 0. The maximum Gasteiger partial charge on any atom is 0.211 e. The lowest BCUT2D eigenvalue weighted by molar-refractivity contribution is -0.616. The zero-order valence-electron chi connectivity index (χ0n) is 14.1. The van der Waals surface area contributed by atoms with Gasteiger partial charge >= 0.3 is 0 Å². The number of piperazine rings is 1. The molecule has 0 aliphatic carbocycles. The predicted octanol–water partition coefficient (Wildman–Crippen LogP) is 0.977. The van der Waals surface area contributed by atoms with Crippen molar-refractivity contribution in [2.24, 2.45) is 0 Å². The summed E-state index contributed by atoms with van der Waals surface area (Å²) < 4.78 is 0.855. The van der Waals surface area contributed by atoms with Crippen LogP contribution in [0.1, 0.15) is 18.7 Å². The number of rotatable bonds is 4. The molecule has 1 atom stereocenters. The molecule has 0 bridgehead atoms. The molecular weight excluding hydrogens is 336 g/mol. The van der Waals surface area contributed by atoms with E-state index in [4.69, 9.17) is 12.2 Å². The average molecular weight is 358 g/mol. The van der Waals surface area contributed by atoms with Crippen LogP contribution in [-0.2, 0) is 0 Å². The third-order valence-electron chi connectivity index (χ3n) is 4.23. The number of thiocarbonyl (C=S) groups is 1. The summed E-state index contributed by atoms with van der Waals surface area (Å²) in [5, 5.41) is 12.4. The number of pyridine rings is 2. The lowest BCUT2D eigenvalue weighted by atomic mass is 10.2. The van der Waals surface area contributed by atoms with E-state index in [0.29, 0.717) is 10.8 Å². The van der Waals surface area contributed by atoms with Crippen LogP contribution in [0.3, 0.4) is 0 Å². The minimum Gasteiger partial charge on any atom is -0.618 e. The summed E-state index contributed by atoms with van der Waals surface area (Å²) in [6, 6.07) is 11.1. The highest BCUT2D eigenvalue weighted by atomic mass is 32.1. The van der Waals surface area contributed by atoms with Gasteiger partial charge in [-0.05, 0) is 37.3 Å². The van der Waals surface area contributed by atoms with Crippen molar-refractivity contribution in [1.82, 2.24) is 20.7 Å². The quantitative estimate of drug-likeness (QED) is 0.365. The van der Waals surface area contributed by atoms with E-state index in [1.165, 1.54) is 6.20 Å². The third kappa shape index (κ3) is 4.34. The van der Waals surface area contributed by atoms with Crippen LogP contribution in [0, 0.1) is 5.21 Å². The smallest absolute Gasteiger partial charge is 0.211 e. The lowest BCUT2D eigenvalue weighted by Crippen LogP contribution is -2.55. The fourth-order valence-electron chi connectivity index (χ4n) is 2.78. The number of hydrogen-bond acceptors (Lipinski definition) is 5. The van der Waals surface area contributed by atoms with Crippen molar-refractivity contribution < 1.29 is 4.73 Å². The summed E-state index contributed by atoms with van der Waals surface area (Å²) in [6.45, 7) is 5.30. The van der Waals surface area contributed by atoms with Gasteiger partial charge in [0.05, 0.1) is 0 Å². The minimum absolute atomic E-state index is 0.161. The van der Waals surface area contributed by atoms with Gasteiger partial charge in [0.1, 0.15) is 11.9 Å². The molecule has 0 amide bonds. The second kappa shape index (κ2) is 8.09. The van der Waals surface area contributed by atoms with E-state index in [1.807, 2.05) is 37.4 Å². The molecule has 7 nitrogen and oxygen atoms in total. The molecule has 132 valence electrons. The van der Waals surface area contributed by atoms with E-state index in [1.54, 1.807) is 12.1 Å². The average Bonchev–Trinajstić information content (AvgIpc) is 2.67. The standard InChI is InChI=1S/C17H22N6OS/c1-14(15-6-3-5-9-23(15)24)19-20-17(25)22-12-10-21(11-13-22)16-7-2-4-8-18-16/h2-9,14,19H,10-13H2,1H3,(H,20,25). The molecule has 2 aromatic rings. The van der Waals surface area contributed by atoms with Gasteiger partial charge in [0, 0.05) is 44.5 Å². The van der Waals surface area contributed by atoms with Crippen molar-refractivity contribution in [2.45, 2.75) is 13.0 Å². The number of hydrogen-bond donors (Lipinski definition) is 2. The van der Waals surface area contributed by atoms with Crippen LogP contribution in [0.4, 0.5) is 5.82 Å². The molecule has 8 heteroatoms. The SMILES string of the molecule is CC(NNC(=S)N1CCN(c2ccccn2)CC1)c1cccc[n+]1[O-]. The Morgan fingerprint density at radius 3 is 2.64 bits per heavy atom. The van der Waals surface area contributed by atoms with Gasteiger partial charge in [-0.3, -0.25) is 5.43 Å². The van der Waals surface area contributed by atoms with Crippen LogP contribution in [0.25, 0.3) is 0 Å². The Morgan fingerprint density at radius 1 is 1.20 bits per heavy atom. The van der Waals surface area contributed by atoms with Crippen molar-refractivity contribution in [1.29, 1.82) is 0 Å². The molecule has 3 heterocycles. The Labute approximate surface area is 152 Å². The van der Waals surface area contributed by atoms with Gasteiger partial charge in [0.25, 0.3) is 0 Å². The summed E-state index contributed by atoms with van der Waals surface area (Å²) in [4.78, 5) is 8.75. The Morgan fingerprint density at radius 2 is 1.96 bits per heavy atom. The zero-order valence-corrected chi connectivity index (χ0v) is 14.9. The van der Waals surface area contributed by atoms with E-state index in [-0.39, 0.29) is 6.04 Å². The number of aromatic nitrogens is 2. The topological polar surface area (TPSA) is 70.4 Å². The van der Waals surface area contributed by atoms with Crippen LogP contribution in [-0.4, -0.2) is 41.2 Å². The van der Waals surface area contributed by atoms with Crippen molar-refractivity contribution >= 4 is 23.1 Å². The van der Waals surface area contributed by atoms with Crippen LogP contribution in [0.2, 0.25) is 0 Å². The molecule has 1 aliphatic heterocycles. The molecule has 0 aromatic carbocycles. The van der Waals surface area contributed by atoms with E-state index in [0.717, 1.165) is 36.7 Å². The van der Waals surface area contributed by atoms with Crippen LogP contribution >= 0.6 is 12.2 Å². The normalized spacial score (nSPS) is 15.7. The number of anilines is 1. The maximum atomic E-state index is 11.8. The van der Waals surface area contributed by atoms with Gasteiger partial charge < -0.3 is 15.0 Å². The first-order chi connectivity index (χ1) is 12.1. The van der Waals surface area contributed by atoms with Gasteiger partial charge in [-0.15, -0.1) is 0 Å². The Balaban J connectivity index is 1.47. The molecule has 2 N–H and O–H groups in total. The second-order valence-corrected chi connectivity index (χ2v) is 6.30. The van der Waals surface area contributed by atoms with Crippen LogP contribution < -0.4 is 20.5 Å². The fraction of sp³-hybridized carbons (Fsp3) is 0.353. The minimum atomic E-state index is -0.161. The molecule has 1 aliphatic rings. The van der Waals surface area contributed by atoms with Crippen molar-refractivity contribution in [3.8, 4) is 0 Å². The highest BCUT2D eigenvalue weighted by molar-refractivity contribution is 7.80. The maximum absolute atomic E-state index is 11.8. The lowest BCUT2D eigenvalue weighted by Gasteiger charge is -2.36. The van der Waals surface area contributed by atoms with Gasteiger partial charge in [-0.1, -0.05) is 6.07 Å². The van der Waals surface area contributed by atoms with Crippen LogP contribution in [0.15, 0.2) is 48.8 Å². The Kier molecular flexibility index (Phi) is 5.62. The molecule has 2 aromatic heterocycles. The van der Waals surface area contributed by atoms with Gasteiger partial charge in [-0.25, -0.2) is 10.4 Å². The first-order valence-corrected chi connectivity index (χ1v) is 8.70. The largest absolute Gasteiger partial charge is 0.618 e. The molecule has 3 rings (SSSR count). The molecule has 1 saturated heterocycles. The van der Waals surface area contributed by atoms with E-state index in [9.17, 15) is 5.21 Å². The van der Waals surface area contributed by atoms with Gasteiger partial charge in [-0.2, -0.15) is 4.73 Å². The fourth-order valence-corrected chi connectivity index (χ4v) is 3.02. The summed E-state index contributed by atoms with van der Waals surface area (Å²) >= 11 is 5.46. The predicted molar refractivity (Wildman–Crippen MR) is 101 cm³/mol. The zero-order chi connectivity index (χ0) is 17.6. The van der Waals surface area contributed by atoms with Gasteiger partial charge in [0.2, 0.25) is 5.69 Å². The molecule has 0 spiro atoms. The van der Waals surface area contributed by atoms with E-state index < -0.39 is 0 Å². The molecular formula is C17H22N6OS. The summed E-state index contributed by atoms with van der Waals surface area (Å²) in [5.41, 5.74) is 6.79. The Hall–Kier alpha value is -2.45. The van der Waals surface area contributed by atoms with Crippen molar-refractivity contribution in [3.05, 3.63) is 59.7 Å². The van der Waals surface area contributed by atoms with Gasteiger partial charge in [0.15, 0.2) is 11.3 Å².